The van der Waals surface area contributed by atoms with Gasteiger partial charge in [-0.05, 0) is 55.4 Å². The summed E-state index contributed by atoms with van der Waals surface area (Å²) >= 11 is 0. The van der Waals surface area contributed by atoms with E-state index >= 15 is 0 Å². The molecule has 2 unspecified atom stereocenters. The fraction of sp³-hybridized carbons (Fsp3) is 0.500. The highest BCUT2D eigenvalue weighted by Gasteiger charge is 2.21. The lowest BCUT2D eigenvalue weighted by Gasteiger charge is -2.27. The summed E-state index contributed by atoms with van der Waals surface area (Å²) in [7, 11) is 0. The van der Waals surface area contributed by atoms with E-state index in [-0.39, 0.29) is 6.04 Å². The lowest BCUT2D eigenvalue weighted by molar-refractivity contribution is 0.391. The van der Waals surface area contributed by atoms with Gasteiger partial charge in [0.05, 0.1) is 0 Å². The summed E-state index contributed by atoms with van der Waals surface area (Å²) in [5.74, 6) is 0.982. The van der Waals surface area contributed by atoms with E-state index < -0.39 is 0 Å². The van der Waals surface area contributed by atoms with Gasteiger partial charge in [0.2, 0.25) is 0 Å². The van der Waals surface area contributed by atoms with Gasteiger partial charge < -0.3 is 10.8 Å². The molecule has 0 aromatic heterocycles. The zero-order valence-electron chi connectivity index (χ0n) is 8.53. The number of hydrogen-bond donors (Lipinski definition) is 2. The molecular weight excluding hydrogens is 174 g/mol. The van der Waals surface area contributed by atoms with Crippen molar-refractivity contribution < 1.29 is 5.11 Å². The molecule has 0 saturated carbocycles. The maximum absolute atomic E-state index is 9.34. The number of fused-ring (bicyclic) bond motifs is 1. The number of benzene rings is 1. The van der Waals surface area contributed by atoms with Gasteiger partial charge in [0.15, 0.2) is 0 Å². The van der Waals surface area contributed by atoms with E-state index in [0.29, 0.717) is 11.7 Å². The summed E-state index contributed by atoms with van der Waals surface area (Å²) in [4.78, 5) is 0. The number of aryl methyl sites for hydroxylation is 1. The van der Waals surface area contributed by atoms with Gasteiger partial charge in [-0.3, -0.25) is 0 Å². The third-order valence-corrected chi connectivity index (χ3v) is 3.20. The van der Waals surface area contributed by atoms with Crippen LogP contribution in [-0.2, 0) is 12.8 Å². The van der Waals surface area contributed by atoms with Crippen LogP contribution in [0.25, 0.3) is 0 Å². The first-order valence-corrected chi connectivity index (χ1v) is 5.23. The van der Waals surface area contributed by atoms with E-state index in [2.05, 4.69) is 6.92 Å². The Balaban J connectivity index is 2.23. The van der Waals surface area contributed by atoms with E-state index in [1.165, 1.54) is 11.1 Å². The van der Waals surface area contributed by atoms with Crippen molar-refractivity contribution in [2.75, 3.05) is 0 Å². The monoisotopic (exact) mass is 191 g/mol. The Morgan fingerprint density at radius 2 is 2.21 bits per heavy atom. The van der Waals surface area contributed by atoms with Crippen molar-refractivity contribution in [3.05, 3.63) is 29.3 Å². The number of hydrogen-bond acceptors (Lipinski definition) is 2. The minimum atomic E-state index is 0.275. The second-order valence-corrected chi connectivity index (χ2v) is 4.32. The van der Waals surface area contributed by atoms with E-state index in [9.17, 15) is 5.11 Å². The fourth-order valence-corrected chi connectivity index (χ4v) is 2.22. The molecule has 1 aromatic carbocycles. The first-order valence-electron chi connectivity index (χ1n) is 5.23. The van der Waals surface area contributed by atoms with Crippen LogP contribution < -0.4 is 5.73 Å². The highest BCUT2D eigenvalue weighted by Crippen LogP contribution is 2.29. The zero-order valence-corrected chi connectivity index (χ0v) is 8.53. The average molecular weight is 191 g/mol. The first-order chi connectivity index (χ1) is 6.66. The summed E-state index contributed by atoms with van der Waals surface area (Å²) in [5.41, 5.74) is 8.56. The summed E-state index contributed by atoms with van der Waals surface area (Å²) < 4.78 is 0. The predicted molar refractivity (Wildman–Crippen MR) is 57.3 cm³/mol. The van der Waals surface area contributed by atoms with E-state index in [4.69, 9.17) is 5.73 Å². The SMILES string of the molecule is CC(N)C1CCc2cc(O)ccc2C1. The second-order valence-electron chi connectivity index (χ2n) is 4.32. The Morgan fingerprint density at radius 3 is 2.93 bits per heavy atom. The number of nitrogens with two attached hydrogens (primary N) is 1. The molecule has 1 aliphatic rings. The number of rotatable bonds is 1. The summed E-state index contributed by atoms with van der Waals surface area (Å²) in [5, 5.41) is 9.34. The average Bonchev–Trinajstić information content (AvgIpc) is 2.16. The highest BCUT2D eigenvalue weighted by atomic mass is 16.3. The minimum absolute atomic E-state index is 0.275. The molecule has 3 N–H and O–H groups in total. The Hall–Kier alpha value is -1.02. The first kappa shape index (κ1) is 9.53. The Labute approximate surface area is 84.7 Å². The van der Waals surface area contributed by atoms with Crippen LogP contribution in [0.4, 0.5) is 0 Å². The normalized spacial score (nSPS) is 22.9. The maximum atomic E-state index is 9.34. The van der Waals surface area contributed by atoms with Crippen molar-refractivity contribution in [1.82, 2.24) is 0 Å². The van der Waals surface area contributed by atoms with E-state index in [0.717, 1.165) is 19.3 Å². The van der Waals surface area contributed by atoms with E-state index in [1.54, 1.807) is 6.07 Å². The molecule has 1 aliphatic carbocycles. The number of aromatic hydroxyl groups is 1. The van der Waals surface area contributed by atoms with Crippen LogP contribution in [0.15, 0.2) is 18.2 Å². The molecular formula is C12H17NO. The molecule has 0 aliphatic heterocycles. The standard InChI is InChI=1S/C12H17NO/c1-8(13)9-2-3-11-7-12(14)5-4-10(11)6-9/h4-5,7-9,14H,2-3,6,13H2,1H3. The molecule has 0 radical (unpaired) electrons. The van der Waals surface area contributed by atoms with Crippen LogP contribution in [0, 0.1) is 5.92 Å². The minimum Gasteiger partial charge on any atom is -0.508 e. The third kappa shape index (κ3) is 1.75. The van der Waals surface area contributed by atoms with Gasteiger partial charge in [0, 0.05) is 6.04 Å². The van der Waals surface area contributed by atoms with Crippen molar-refractivity contribution in [2.24, 2.45) is 11.7 Å². The zero-order chi connectivity index (χ0) is 10.1. The smallest absolute Gasteiger partial charge is 0.115 e. The van der Waals surface area contributed by atoms with Crippen LogP contribution >= 0.6 is 0 Å². The topological polar surface area (TPSA) is 46.2 Å². The molecule has 0 fully saturated rings. The molecule has 2 nitrogen and oxygen atoms in total. The molecule has 0 heterocycles. The maximum Gasteiger partial charge on any atom is 0.115 e. The van der Waals surface area contributed by atoms with Crippen molar-refractivity contribution in [1.29, 1.82) is 0 Å². The molecule has 0 amide bonds. The Bertz CT molecular complexity index is 333. The lowest BCUT2D eigenvalue weighted by atomic mass is 9.81. The summed E-state index contributed by atoms with van der Waals surface area (Å²) in [6.07, 6.45) is 3.26. The molecule has 2 heteroatoms. The molecule has 0 bridgehead atoms. The van der Waals surface area contributed by atoms with Crippen molar-refractivity contribution >= 4 is 0 Å². The van der Waals surface area contributed by atoms with Gasteiger partial charge in [-0.25, -0.2) is 0 Å². The summed E-state index contributed by atoms with van der Waals surface area (Å²) in [6.45, 7) is 2.08. The fourth-order valence-electron chi connectivity index (χ4n) is 2.22. The predicted octanol–water partition coefficient (Wildman–Crippen LogP) is 1.84. The van der Waals surface area contributed by atoms with Crippen molar-refractivity contribution in [2.45, 2.75) is 32.2 Å². The number of phenols is 1. The van der Waals surface area contributed by atoms with E-state index in [1.807, 2.05) is 12.1 Å². The largest absolute Gasteiger partial charge is 0.508 e. The van der Waals surface area contributed by atoms with Gasteiger partial charge in [0.25, 0.3) is 0 Å². The Morgan fingerprint density at radius 1 is 1.43 bits per heavy atom. The van der Waals surface area contributed by atoms with Gasteiger partial charge >= 0.3 is 0 Å². The lowest BCUT2D eigenvalue weighted by Crippen LogP contribution is -2.31. The van der Waals surface area contributed by atoms with Gasteiger partial charge in [-0.15, -0.1) is 0 Å². The molecule has 0 saturated heterocycles. The highest BCUT2D eigenvalue weighted by molar-refractivity contribution is 5.36. The third-order valence-electron chi connectivity index (χ3n) is 3.20. The van der Waals surface area contributed by atoms with Crippen molar-refractivity contribution in [3.8, 4) is 5.75 Å². The summed E-state index contributed by atoms with van der Waals surface area (Å²) in [6, 6.07) is 5.95. The van der Waals surface area contributed by atoms with Crippen LogP contribution in [0.2, 0.25) is 0 Å². The van der Waals surface area contributed by atoms with Gasteiger partial charge in [-0.2, -0.15) is 0 Å². The molecule has 0 spiro atoms. The van der Waals surface area contributed by atoms with Gasteiger partial charge in [-0.1, -0.05) is 6.07 Å². The molecule has 2 atom stereocenters. The molecule has 76 valence electrons. The molecule has 1 aromatic rings. The molecule has 2 rings (SSSR count). The second kappa shape index (κ2) is 3.62. The van der Waals surface area contributed by atoms with Gasteiger partial charge in [0.1, 0.15) is 5.75 Å². The van der Waals surface area contributed by atoms with Crippen LogP contribution in [-0.4, -0.2) is 11.1 Å². The van der Waals surface area contributed by atoms with Crippen LogP contribution in [0.5, 0.6) is 5.75 Å². The Kier molecular flexibility index (Phi) is 2.46. The molecule has 14 heavy (non-hydrogen) atoms. The quantitative estimate of drug-likeness (QED) is 0.711. The van der Waals surface area contributed by atoms with Crippen LogP contribution in [0.1, 0.15) is 24.5 Å². The number of phenolic OH excluding ortho intramolecular Hbond substituents is 1. The van der Waals surface area contributed by atoms with Crippen molar-refractivity contribution in [3.63, 3.8) is 0 Å². The van der Waals surface area contributed by atoms with Crippen LogP contribution in [0.3, 0.4) is 0 Å².